The number of aryl methyl sites for hydroxylation is 2. The van der Waals surface area contributed by atoms with Crippen molar-refractivity contribution in [1.82, 2.24) is 42.6 Å². The van der Waals surface area contributed by atoms with E-state index in [4.69, 9.17) is 0 Å². The van der Waals surface area contributed by atoms with Gasteiger partial charge in [-0.05, 0) is 75.3 Å². The summed E-state index contributed by atoms with van der Waals surface area (Å²) in [6.45, 7) is 4.08. The van der Waals surface area contributed by atoms with Crippen LogP contribution in [0.3, 0.4) is 0 Å². The number of hydrazine groups is 4. The van der Waals surface area contributed by atoms with Gasteiger partial charge in [0.15, 0.2) is 0 Å². The molecule has 4 aliphatic rings. The molecule has 2 fully saturated rings. The lowest BCUT2D eigenvalue weighted by Crippen LogP contribution is -2.57. The van der Waals surface area contributed by atoms with E-state index in [2.05, 4.69) is 66.8 Å². The van der Waals surface area contributed by atoms with Crippen LogP contribution in [0.1, 0.15) is 63.5 Å². The molecule has 228 valence electrons. The summed E-state index contributed by atoms with van der Waals surface area (Å²) in [6.07, 6.45) is 7.66. The lowest BCUT2D eigenvalue weighted by molar-refractivity contribution is -0.119. The van der Waals surface area contributed by atoms with Crippen LogP contribution in [0.25, 0.3) is 0 Å². The van der Waals surface area contributed by atoms with Gasteiger partial charge in [0, 0.05) is 12.1 Å². The average Bonchev–Trinajstić information content (AvgIpc) is 3.62. The number of hydrogen-bond donors (Lipinski definition) is 6. The molecule has 2 aromatic rings. The fourth-order valence-corrected chi connectivity index (χ4v) is 7.47. The molecule has 1 aliphatic carbocycles. The first-order valence-corrected chi connectivity index (χ1v) is 16.3. The molecule has 2 amide bonds. The highest BCUT2D eigenvalue weighted by molar-refractivity contribution is 8.06. The molecule has 0 bridgehead atoms. The Kier molecular flexibility index (Phi) is 9.11. The second-order valence-electron chi connectivity index (χ2n) is 11.9. The highest BCUT2D eigenvalue weighted by Gasteiger charge is 2.47. The predicted octanol–water partition coefficient (Wildman–Crippen LogP) is 3.31. The molecule has 3 heterocycles. The van der Waals surface area contributed by atoms with Gasteiger partial charge in [0.25, 0.3) is 11.8 Å². The maximum Gasteiger partial charge on any atom is 0.271 e. The van der Waals surface area contributed by atoms with Gasteiger partial charge in [0.2, 0.25) is 0 Å². The molecular weight excluding hydrogens is 560 g/mol. The molecule has 10 nitrogen and oxygen atoms in total. The zero-order valence-corrected chi connectivity index (χ0v) is 25.7. The van der Waals surface area contributed by atoms with Gasteiger partial charge in [-0.15, -0.1) is 11.1 Å². The third-order valence-electron chi connectivity index (χ3n) is 8.65. The first-order chi connectivity index (χ1) is 21.0. The number of nitrogens with zero attached hydrogens (tertiary/aromatic N) is 2. The number of carbonyl (C=O) groups is 2. The zero-order chi connectivity index (χ0) is 29.8. The van der Waals surface area contributed by atoms with Crippen LogP contribution in [0.5, 0.6) is 0 Å². The highest BCUT2D eigenvalue weighted by atomic mass is 32.2. The molecular formula is C32H42N8O2S. The molecule has 6 rings (SSSR count). The second-order valence-corrected chi connectivity index (χ2v) is 12.9. The fraction of sp³-hybridized carbons (Fsp3) is 0.438. The molecule has 11 heteroatoms. The van der Waals surface area contributed by atoms with Crippen molar-refractivity contribution < 1.29 is 9.59 Å². The Bertz CT molecular complexity index is 1260. The minimum Gasteiger partial charge on any atom is -0.348 e. The van der Waals surface area contributed by atoms with Gasteiger partial charge in [-0.2, -0.15) is 0 Å². The van der Waals surface area contributed by atoms with Crippen LogP contribution in [-0.2, 0) is 22.4 Å². The standard InChI is InChI=1S/C32H42N8O2S/c1-21(17-19-23-11-5-3-6-12-23)33-29(41)27-31-39(37-35-27)25-15-9-10-16-26(25)40-32(43-31)28(36-38-40)30(42)34-22(2)18-20-24-13-7-4-8-14-24/h3-8,11-14,21-22,25-26,35-38H,9-10,15-20H2,1-2H3,(H,33,41)(H,34,42)/t21-,22+,25?,26?. The molecule has 0 radical (unpaired) electrons. The summed E-state index contributed by atoms with van der Waals surface area (Å²) in [5.74, 6) is -0.308. The summed E-state index contributed by atoms with van der Waals surface area (Å²) in [4.78, 5) is 27.2. The third kappa shape index (κ3) is 6.63. The molecule has 43 heavy (non-hydrogen) atoms. The summed E-state index contributed by atoms with van der Waals surface area (Å²) < 4.78 is 0. The van der Waals surface area contributed by atoms with E-state index < -0.39 is 0 Å². The van der Waals surface area contributed by atoms with E-state index in [9.17, 15) is 9.59 Å². The Morgan fingerprint density at radius 2 is 1.16 bits per heavy atom. The van der Waals surface area contributed by atoms with Gasteiger partial charge in [0.1, 0.15) is 21.5 Å². The first kappa shape index (κ1) is 29.4. The van der Waals surface area contributed by atoms with Crippen LogP contribution in [0.2, 0.25) is 0 Å². The number of benzene rings is 2. The topological polar surface area (TPSA) is 113 Å². The normalized spacial score (nSPS) is 22.5. The second kappa shape index (κ2) is 13.3. The number of nitrogens with one attached hydrogen (secondary N) is 6. The molecule has 6 N–H and O–H groups in total. The SMILES string of the molecule is C[C@H](CCc1ccccc1)NC(=O)C1=C2SC3=C(C(=O)N[C@@H](C)CCc4ccccc4)NNN3C3CCCCC3N2NN1. The van der Waals surface area contributed by atoms with Crippen molar-refractivity contribution in [2.75, 3.05) is 0 Å². The largest absolute Gasteiger partial charge is 0.348 e. The van der Waals surface area contributed by atoms with E-state index in [1.165, 1.54) is 22.9 Å². The van der Waals surface area contributed by atoms with Crippen molar-refractivity contribution in [2.24, 2.45) is 0 Å². The molecule has 3 aliphatic heterocycles. The number of thioether (sulfide) groups is 1. The van der Waals surface area contributed by atoms with Crippen molar-refractivity contribution in [3.8, 4) is 0 Å². The summed E-state index contributed by atoms with van der Waals surface area (Å²) in [6, 6.07) is 20.9. The van der Waals surface area contributed by atoms with Crippen LogP contribution in [-0.4, -0.2) is 46.0 Å². The Morgan fingerprint density at radius 3 is 1.58 bits per heavy atom. The molecule has 0 spiro atoms. The van der Waals surface area contributed by atoms with Gasteiger partial charge in [0.05, 0.1) is 12.1 Å². The van der Waals surface area contributed by atoms with Crippen molar-refractivity contribution in [2.45, 2.75) is 89.4 Å². The quantitative estimate of drug-likeness (QED) is 0.244. The fourth-order valence-electron chi connectivity index (χ4n) is 6.23. The Hall–Kier alpha value is -3.67. The smallest absolute Gasteiger partial charge is 0.271 e. The summed E-state index contributed by atoms with van der Waals surface area (Å²) in [5, 5.41) is 12.1. The van der Waals surface area contributed by atoms with Crippen LogP contribution in [0, 0.1) is 0 Å². The molecule has 2 aromatic carbocycles. The number of rotatable bonds is 10. The van der Waals surface area contributed by atoms with E-state index in [0.29, 0.717) is 11.4 Å². The van der Waals surface area contributed by atoms with Gasteiger partial charge in [-0.25, -0.2) is 0 Å². The maximum absolute atomic E-state index is 13.6. The lowest BCUT2D eigenvalue weighted by atomic mass is 9.89. The van der Waals surface area contributed by atoms with E-state index >= 15 is 0 Å². The van der Waals surface area contributed by atoms with Gasteiger partial charge < -0.3 is 10.6 Å². The number of carbonyl (C=O) groups excluding carboxylic acids is 2. The summed E-state index contributed by atoms with van der Waals surface area (Å²) in [7, 11) is 0. The predicted molar refractivity (Wildman–Crippen MR) is 169 cm³/mol. The molecule has 0 aromatic heterocycles. The van der Waals surface area contributed by atoms with E-state index in [0.717, 1.165) is 61.4 Å². The number of amides is 2. The van der Waals surface area contributed by atoms with E-state index in [1.54, 1.807) is 0 Å². The van der Waals surface area contributed by atoms with E-state index in [1.807, 2.05) is 50.2 Å². The Balaban J connectivity index is 1.19. The monoisotopic (exact) mass is 602 g/mol. The molecule has 2 unspecified atom stereocenters. The summed E-state index contributed by atoms with van der Waals surface area (Å²) >= 11 is 1.45. The Labute approximate surface area is 258 Å². The first-order valence-electron chi connectivity index (χ1n) is 15.5. The average molecular weight is 603 g/mol. The molecule has 1 saturated carbocycles. The lowest BCUT2D eigenvalue weighted by Gasteiger charge is -2.40. The number of hydrogen-bond acceptors (Lipinski definition) is 9. The zero-order valence-electron chi connectivity index (χ0n) is 24.9. The molecule has 4 atom stereocenters. The van der Waals surface area contributed by atoms with Crippen LogP contribution < -0.4 is 32.6 Å². The molecule has 1 saturated heterocycles. The third-order valence-corrected chi connectivity index (χ3v) is 9.83. The van der Waals surface area contributed by atoms with Crippen molar-refractivity contribution >= 4 is 23.6 Å². The van der Waals surface area contributed by atoms with Crippen molar-refractivity contribution in [1.29, 1.82) is 0 Å². The summed E-state index contributed by atoms with van der Waals surface area (Å²) in [5.41, 5.74) is 16.4. The van der Waals surface area contributed by atoms with Crippen LogP contribution >= 0.6 is 11.8 Å². The van der Waals surface area contributed by atoms with Gasteiger partial charge in [-0.3, -0.25) is 30.5 Å². The number of fused-ring (bicyclic) bond motifs is 5. The van der Waals surface area contributed by atoms with Gasteiger partial charge in [-0.1, -0.05) is 73.5 Å². The highest BCUT2D eigenvalue weighted by Crippen LogP contribution is 2.45. The van der Waals surface area contributed by atoms with E-state index in [-0.39, 0.29) is 36.0 Å². The minimum absolute atomic E-state index is 0.000830. The maximum atomic E-state index is 13.6. The minimum atomic E-state index is -0.154. The van der Waals surface area contributed by atoms with Crippen molar-refractivity contribution in [3.63, 3.8) is 0 Å². The van der Waals surface area contributed by atoms with Crippen molar-refractivity contribution in [3.05, 3.63) is 93.2 Å². The Morgan fingerprint density at radius 1 is 0.744 bits per heavy atom. The van der Waals surface area contributed by atoms with Crippen LogP contribution in [0.4, 0.5) is 0 Å². The van der Waals surface area contributed by atoms with Crippen LogP contribution in [0.15, 0.2) is 82.1 Å². The van der Waals surface area contributed by atoms with Gasteiger partial charge >= 0.3 is 0 Å².